The zero-order valence-electron chi connectivity index (χ0n) is 17.5. The molecule has 5 nitrogen and oxygen atoms in total. The molecule has 0 spiro atoms. The molecule has 2 aromatic carbocycles. The minimum absolute atomic E-state index is 0.304. The van der Waals surface area contributed by atoms with Crippen LogP contribution in [0.3, 0.4) is 0 Å². The topological polar surface area (TPSA) is 64.1 Å². The molecule has 0 unspecified atom stereocenters. The molecule has 1 N–H and O–H groups in total. The molecule has 3 aromatic rings. The first-order valence-corrected chi connectivity index (χ1v) is 12.7. The summed E-state index contributed by atoms with van der Waals surface area (Å²) in [5.41, 5.74) is 1.48. The zero-order valence-corrected chi connectivity index (χ0v) is 20.7. The summed E-state index contributed by atoms with van der Waals surface area (Å²) in [6, 6.07) is 13.2. The van der Waals surface area contributed by atoms with E-state index in [0.29, 0.717) is 33.1 Å². The van der Waals surface area contributed by atoms with Gasteiger partial charge in [0.05, 0.1) is 16.7 Å². The molecule has 0 atom stereocenters. The number of carbonyl (C=O) groups is 1. The Morgan fingerprint density at radius 1 is 1.16 bits per heavy atom. The average Bonchev–Trinajstić information content (AvgIpc) is 3.23. The summed E-state index contributed by atoms with van der Waals surface area (Å²) in [5, 5.41) is 11.9. The van der Waals surface area contributed by atoms with Crippen LogP contribution in [0.5, 0.6) is 5.75 Å². The number of hydrogen-bond donors (Lipinski definition) is 1. The SMILES string of the molecule is CCCCCOc1c(Cl)cc(C(=O)Nc2nnc(SC/C=C/c3ccccc3)s2)cc1Cl. The molecule has 1 amide bonds. The van der Waals surface area contributed by atoms with E-state index in [1.54, 1.807) is 23.9 Å². The van der Waals surface area contributed by atoms with Gasteiger partial charge in [-0.2, -0.15) is 0 Å². The molecule has 0 aliphatic heterocycles. The molecule has 0 aliphatic rings. The standard InChI is InChI=1S/C23H23Cl2N3O2S2/c1-2-3-7-12-30-20-18(24)14-17(15-19(20)25)21(29)26-22-27-28-23(32-22)31-13-8-11-16-9-5-4-6-10-16/h4-6,8-11,14-15H,2-3,7,12-13H2,1H3,(H,26,27,29)/b11-8+. The van der Waals surface area contributed by atoms with Crippen molar-refractivity contribution in [3.8, 4) is 5.75 Å². The van der Waals surface area contributed by atoms with E-state index in [-0.39, 0.29) is 5.91 Å². The number of thioether (sulfide) groups is 1. The van der Waals surface area contributed by atoms with Gasteiger partial charge < -0.3 is 4.74 Å². The van der Waals surface area contributed by atoms with Crippen LogP contribution < -0.4 is 10.1 Å². The monoisotopic (exact) mass is 507 g/mol. The van der Waals surface area contributed by atoms with Crippen LogP contribution in [0.2, 0.25) is 10.0 Å². The summed E-state index contributed by atoms with van der Waals surface area (Å²) in [6.07, 6.45) is 7.21. The number of anilines is 1. The van der Waals surface area contributed by atoms with Gasteiger partial charge in [-0.3, -0.25) is 10.1 Å². The van der Waals surface area contributed by atoms with Crippen molar-refractivity contribution in [1.29, 1.82) is 0 Å². The number of nitrogens with zero attached hydrogens (tertiary/aromatic N) is 2. The Bertz CT molecular complexity index is 1040. The largest absolute Gasteiger partial charge is 0.490 e. The van der Waals surface area contributed by atoms with E-state index < -0.39 is 0 Å². The number of nitrogens with one attached hydrogen (secondary N) is 1. The minimum Gasteiger partial charge on any atom is -0.490 e. The zero-order chi connectivity index (χ0) is 22.8. The summed E-state index contributed by atoms with van der Waals surface area (Å²) in [6.45, 7) is 2.65. The highest BCUT2D eigenvalue weighted by Gasteiger charge is 2.16. The number of rotatable bonds is 11. The number of aromatic nitrogens is 2. The second-order valence-electron chi connectivity index (χ2n) is 6.78. The van der Waals surface area contributed by atoms with E-state index >= 15 is 0 Å². The molecule has 0 radical (unpaired) electrons. The number of carbonyl (C=O) groups excluding carboxylic acids is 1. The molecule has 1 aromatic heterocycles. The van der Waals surface area contributed by atoms with E-state index in [1.165, 1.54) is 11.3 Å². The normalized spacial score (nSPS) is 11.1. The highest BCUT2D eigenvalue weighted by atomic mass is 35.5. The van der Waals surface area contributed by atoms with Crippen molar-refractivity contribution in [2.75, 3.05) is 17.7 Å². The number of ether oxygens (including phenoxy) is 1. The van der Waals surface area contributed by atoms with Crippen LogP contribution in [0.1, 0.15) is 42.1 Å². The number of amides is 1. The average molecular weight is 508 g/mol. The Kier molecular flexibility index (Phi) is 9.87. The van der Waals surface area contributed by atoms with Gasteiger partial charge in [0.1, 0.15) is 0 Å². The fraction of sp³-hybridized carbons (Fsp3) is 0.261. The summed E-state index contributed by atoms with van der Waals surface area (Å²) in [7, 11) is 0. The fourth-order valence-corrected chi connectivity index (χ4v) is 4.89. The predicted octanol–water partition coefficient (Wildman–Crippen LogP) is 7.47. The first-order chi connectivity index (χ1) is 15.6. The first-order valence-electron chi connectivity index (χ1n) is 10.2. The lowest BCUT2D eigenvalue weighted by molar-refractivity contribution is 0.102. The van der Waals surface area contributed by atoms with Crippen LogP contribution in [-0.2, 0) is 0 Å². The maximum atomic E-state index is 12.6. The molecule has 1 heterocycles. The van der Waals surface area contributed by atoms with E-state index in [2.05, 4.69) is 34.6 Å². The minimum atomic E-state index is -0.358. The second-order valence-corrected chi connectivity index (χ2v) is 9.83. The molecule has 0 aliphatic carbocycles. The van der Waals surface area contributed by atoms with Crippen molar-refractivity contribution < 1.29 is 9.53 Å². The van der Waals surface area contributed by atoms with Crippen molar-refractivity contribution in [1.82, 2.24) is 10.2 Å². The Balaban J connectivity index is 1.53. The van der Waals surface area contributed by atoms with Gasteiger partial charge in [0.2, 0.25) is 5.13 Å². The Morgan fingerprint density at radius 2 is 1.91 bits per heavy atom. The predicted molar refractivity (Wildman–Crippen MR) is 136 cm³/mol. The summed E-state index contributed by atoms with van der Waals surface area (Å²) < 4.78 is 6.45. The Morgan fingerprint density at radius 3 is 2.62 bits per heavy atom. The van der Waals surface area contributed by atoms with Gasteiger partial charge in [0, 0.05) is 11.3 Å². The third kappa shape index (κ3) is 7.52. The summed E-state index contributed by atoms with van der Waals surface area (Å²) >= 11 is 15.4. The van der Waals surface area contributed by atoms with Crippen molar-refractivity contribution in [3.05, 3.63) is 69.7 Å². The van der Waals surface area contributed by atoms with Crippen molar-refractivity contribution in [2.24, 2.45) is 0 Å². The van der Waals surface area contributed by atoms with Crippen molar-refractivity contribution in [3.63, 3.8) is 0 Å². The van der Waals surface area contributed by atoms with E-state index in [9.17, 15) is 4.79 Å². The van der Waals surface area contributed by atoms with Crippen LogP contribution in [0.25, 0.3) is 6.08 Å². The third-order valence-electron chi connectivity index (χ3n) is 4.29. The molecule has 0 fully saturated rings. The molecule has 168 valence electrons. The third-order valence-corrected chi connectivity index (χ3v) is 6.78. The smallest absolute Gasteiger partial charge is 0.257 e. The van der Waals surface area contributed by atoms with Crippen LogP contribution in [0.15, 0.2) is 52.9 Å². The summed E-state index contributed by atoms with van der Waals surface area (Å²) in [4.78, 5) is 12.6. The Hall–Kier alpha value is -2.06. The molecular formula is C23H23Cl2N3O2S2. The maximum Gasteiger partial charge on any atom is 0.257 e. The van der Waals surface area contributed by atoms with Crippen LogP contribution >= 0.6 is 46.3 Å². The Labute approximate surface area is 206 Å². The van der Waals surface area contributed by atoms with Crippen molar-refractivity contribution in [2.45, 2.75) is 30.5 Å². The van der Waals surface area contributed by atoms with Gasteiger partial charge in [-0.05, 0) is 24.1 Å². The lowest BCUT2D eigenvalue weighted by atomic mass is 10.2. The maximum absolute atomic E-state index is 12.6. The fourth-order valence-electron chi connectivity index (χ4n) is 2.71. The van der Waals surface area contributed by atoms with Gasteiger partial charge in [-0.15, -0.1) is 10.2 Å². The van der Waals surface area contributed by atoms with Gasteiger partial charge in [-0.1, -0.05) is 109 Å². The molecule has 0 bridgehead atoms. The number of halogens is 2. The molecule has 0 saturated heterocycles. The highest BCUT2D eigenvalue weighted by Crippen LogP contribution is 2.35. The van der Waals surface area contributed by atoms with Gasteiger partial charge in [0.15, 0.2) is 10.1 Å². The van der Waals surface area contributed by atoms with Gasteiger partial charge in [0.25, 0.3) is 5.91 Å². The number of benzene rings is 2. The molecule has 3 rings (SSSR count). The van der Waals surface area contributed by atoms with Gasteiger partial charge in [-0.25, -0.2) is 0 Å². The van der Waals surface area contributed by atoms with Crippen LogP contribution in [0.4, 0.5) is 5.13 Å². The first kappa shape index (κ1) is 24.6. The number of unbranched alkanes of at least 4 members (excludes halogenated alkanes) is 2. The highest BCUT2D eigenvalue weighted by molar-refractivity contribution is 8.01. The van der Waals surface area contributed by atoms with E-state index in [4.69, 9.17) is 27.9 Å². The van der Waals surface area contributed by atoms with Gasteiger partial charge >= 0.3 is 0 Å². The van der Waals surface area contributed by atoms with Crippen LogP contribution in [-0.4, -0.2) is 28.5 Å². The lowest BCUT2D eigenvalue weighted by Crippen LogP contribution is -2.12. The van der Waals surface area contributed by atoms with E-state index in [0.717, 1.165) is 34.9 Å². The van der Waals surface area contributed by atoms with Crippen molar-refractivity contribution >= 4 is 63.4 Å². The van der Waals surface area contributed by atoms with E-state index in [1.807, 2.05) is 30.3 Å². The molecule has 0 saturated carbocycles. The lowest BCUT2D eigenvalue weighted by Gasteiger charge is -2.11. The second kappa shape index (κ2) is 12.8. The quantitative estimate of drug-likeness (QED) is 0.165. The number of hydrogen-bond acceptors (Lipinski definition) is 6. The summed E-state index contributed by atoms with van der Waals surface area (Å²) in [5.74, 6) is 0.796. The van der Waals surface area contributed by atoms with Crippen LogP contribution in [0, 0.1) is 0 Å². The molecular weight excluding hydrogens is 485 g/mol. The molecule has 9 heteroatoms. The molecule has 32 heavy (non-hydrogen) atoms.